The van der Waals surface area contributed by atoms with Gasteiger partial charge in [0.15, 0.2) is 0 Å². The minimum absolute atomic E-state index is 0.138. The Morgan fingerprint density at radius 1 is 1.32 bits per heavy atom. The summed E-state index contributed by atoms with van der Waals surface area (Å²) in [5.41, 5.74) is -0.336. The molecule has 0 saturated heterocycles. The number of hydrogen-bond donors (Lipinski definition) is 1. The highest BCUT2D eigenvalue weighted by atomic mass is 16.5. The molecule has 19 heavy (non-hydrogen) atoms. The van der Waals surface area contributed by atoms with Gasteiger partial charge in [-0.05, 0) is 25.8 Å². The molecule has 0 spiro atoms. The van der Waals surface area contributed by atoms with Crippen molar-refractivity contribution in [2.75, 3.05) is 14.2 Å². The molecular formula is C14H27N3O2. The molecule has 1 aromatic rings. The Kier molecular flexibility index (Phi) is 5.10. The maximum atomic E-state index is 5.48. The maximum Gasteiger partial charge on any atom is 0.228 e. The van der Waals surface area contributed by atoms with E-state index in [1.165, 1.54) is 0 Å². The second kappa shape index (κ2) is 6.01. The van der Waals surface area contributed by atoms with Crippen LogP contribution in [0.5, 0.6) is 0 Å². The Labute approximate surface area is 116 Å². The Morgan fingerprint density at radius 2 is 1.95 bits per heavy atom. The summed E-state index contributed by atoms with van der Waals surface area (Å²) >= 11 is 0. The van der Waals surface area contributed by atoms with Crippen molar-refractivity contribution in [1.29, 1.82) is 0 Å². The molecule has 1 aromatic heterocycles. The van der Waals surface area contributed by atoms with E-state index >= 15 is 0 Å². The zero-order chi connectivity index (χ0) is 14.7. The predicted molar refractivity (Wildman–Crippen MR) is 75.0 cm³/mol. The van der Waals surface area contributed by atoms with Crippen LogP contribution in [-0.4, -0.2) is 30.3 Å². The van der Waals surface area contributed by atoms with Gasteiger partial charge < -0.3 is 14.6 Å². The molecular weight excluding hydrogens is 242 g/mol. The molecule has 0 bridgehead atoms. The average Bonchev–Trinajstić information content (AvgIpc) is 2.82. The monoisotopic (exact) mass is 269 g/mol. The molecule has 1 N–H and O–H groups in total. The van der Waals surface area contributed by atoms with E-state index in [1.54, 1.807) is 7.11 Å². The fraction of sp³-hybridized carbons (Fsp3) is 0.857. The predicted octanol–water partition coefficient (Wildman–Crippen LogP) is 2.52. The van der Waals surface area contributed by atoms with Gasteiger partial charge in [0, 0.05) is 19.6 Å². The van der Waals surface area contributed by atoms with Gasteiger partial charge in [-0.1, -0.05) is 32.9 Å². The van der Waals surface area contributed by atoms with Crippen molar-refractivity contribution in [3.63, 3.8) is 0 Å². The lowest BCUT2D eigenvalue weighted by atomic mass is 9.85. The van der Waals surface area contributed by atoms with Crippen LogP contribution in [0.15, 0.2) is 4.52 Å². The number of hydrogen-bond acceptors (Lipinski definition) is 5. The van der Waals surface area contributed by atoms with Crippen molar-refractivity contribution < 1.29 is 9.26 Å². The molecule has 0 aliphatic heterocycles. The van der Waals surface area contributed by atoms with Crippen LogP contribution in [0.4, 0.5) is 0 Å². The summed E-state index contributed by atoms with van der Waals surface area (Å²) in [5.74, 6) is 1.28. The van der Waals surface area contributed by atoms with Crippen molar-refractivity contribution in [2.45, 2.75) is 59.1 Å². The fourth-order valence-corrected chi connectivity index (χ4v) is 1.96. The van der Waals surface area contributed by atoms with Crippen molar-refractivity contribution in [3.05, 3.63) is 11.7 Å². The summed E-state index contributed by atoms with van der Waals surface area (Å²) in [7, 11) is 3.63. The molecule has 0 fully saturated rings. The van der Waals surface area contributed by atoms with E-state index < -0.39 is 5.60 Å². The molecule has 1 heterocycles. The first kappa shape index (κ1) is 16.1. The van der Waals surface area contributed by atoms with Gasteiger partial charge >= 0.3 is 0 Å². The Bertz CT molecular complexity index is 392. The van der Waals surface area contributed by atoms with Gasteiger partial charge in [-0.15, -0.1) is 0 Å². The highest BCUT2D eigenvalue weighted by Crippen LogP contribution is 2.27. The SMILES string of the molecule is CCC(C)(OC)c1noc(CC(NC)C(C)(C)C)n1. The fourth-order valence-electron chi connectivity index (χ4n) is 1.96. The smallest absolute Gasteiger partial charge is 0.228 e. The molecule has 5 heteroatoms. The van der Waals surface area contributed by atoms with Gasteiger partial charge in [-0.3, -0.25) is 0 Å². The Morgan fingerprint density at radius 3 is 2.37 bits per heavy atom. The summed E-state index contributed by atoms with van der Waals surface area (Å²) in [6.07, 6.45) is 1.52. The quantitative estimate of drug-likeness (QED) is 0.860. The van der Waals surface area contributed by atoms with E-state index in [0.717, 1.165) is 12.8 Å². The number of methoxy groups -OCH3 is 1. The maximum absolute atomic E-state index is 5.48. The van der Waals surface area contributed by atoms with E-state index in [9.17, 15) is 0 Å². The van der Waals surface area contributed by atoms with Crippen LogP contribution in [0.1, 0.15) is 52.8 Å². The topological polar surface area (TPSA) is 60.2 Å². The van der Waals surface area contributed by atoms with Crippen molar-refractivity contribution in [3.8, 4) is 0 Å². The first-order valence-corrected chi connectivity index (χ1v) is 6.82. The summed E-state index contributed by atoms with van der Waals surface area (Å²) < 4.78 is 10.8. The molecule has 1 rings (SSSR count). The Balaban J connectivity index is 2.86. The number of likely N-dealkylation sites (N-methyl/N-ethyl adjacent to an activating group) is 1. The molecule has 110 valence electrons. The largest absolute Gasteiger partial charge is 0.370 e. The highest BCUT2D eigenvalue weighted by Gasteiger charge is 2.31. The molecule has 0 amide bonds. The molecule has 2 unspecified atom stereocenters. The minimum Gasteiger partial charge on any atom is -0.370 e. The van der Waals surface area contributed by atoms with Crippen molar-refractivity contribution in [2.24, 2.45) is 5.41 Å². The molecule has 2 atom stereocenters. The second-order valence-electron chi connectivity index (χ2n) is 6.21. The average molecular weight is 269 g/mol. The lowest BCUT2D eigenvalue weighted by Crippen LogP contribution is -2.39. The van der Waals surface area contributed by atoms with Gasteiger partial charge in [0.25, 0.3) is 0 Å². The summed E-state index contributed by atoms with van der Waals surface area (Å²) in [6.45, 7) is 10.6. The first-order valence-electron chi connectivity index (χ1n) is 6.82. The van der Waals surface area contributed by atoms with Crippen LogP contribution in [0.25, 0.3) is 0 Å². The number of ether oxygens (including phenoxy) is 1. The summed E-state index contributed by atoms with van der Waals surface area (Å²) in [4.78, 5) is 4.48. The number of rotatable bonds is 6. The first-order chi connectivity index (χ1) is 8.76. The van der Waals surface area contributed by atoms with Crippen molar-refractivity contribution >= 4 is 0 Å². The lowest BCUT2D eigenvalue weighted by Gasteiger charge is -2.29. The van der Waals surface area contributed by atoms with Gasteiger partial charge in [0.1, 0.15) is 5.60 Å². The highest BCUT2D eigenvalue weighted by molar-refractivity contribution is 5.00. The third-order valence-electron chi connectivity index (χ3n) is 3.84. The zero-order valence-corrected chi connectivity index (χ0v) is 13.2. The van der Waals surface area contributed by atoms with Gasteiger partial charge in [-0.2, -0.15) is 4.98 Å². The van der Waals surface area contributed by atoms with E-state index in [-0.39, 0.29) is 11.5 Å². The molecule has 0 saturated carbocycles. The van der Waals surface area contributed by atoms with E-state index in [0.29, 0.717) is 11.7 Å². The third-order valence-corrected chi connectivity index (χ3v) is 3.84. The molecule has 0 aliphatic carbocycles. The van der Waals surface area contributed by atoms with E-state index in [1.807, 2.05) is 20.9 Å². The normalized spacial score (nSPS) is 17.2. The van der Waals surface area contributed by atoms with Gasteiger partial charge in [0.05, 0.1) is 0 Å². The van der Waals surface area contributed by atoms with Gasteiger partial charge in [-0.25, -0.2) is 0 Å². The van der Waals surface area contributed by atoms with Crippen LogP contribution in [0, 0.1) is 5.41 Å². The van der Waals surface area contributed by atoms with Crippen LogP contribution >= 0.6 is 0 Å². The Hall–Kier alpha value is -0.940. The minimum atomic E-state index is -0.474. The van der Waals surface area contributed by atoms with Crippen LogP contribution in [0.2, 0.25) is 0 Å². The van der Waals surface area contributed by atoms with Crippen LogP contribution in [0.3, 0.4) is 0 Å². The number of aromatic nitrogens is 2. The summed E-state index contributed by atoms with van der Waals surface area (Å²) in [6, 6.07) is 0.288. The molecule has 0 aromatic carbocycles. The molecule has 5 nitrogen and oxygen atoms in total. The van der Waals surface area contributed by atoms with Crippen LogP contribution < -0.4 is 5.32 Å². The standard InChI is InChI=1S/C14H27N3O2/c1-8-14(5,18-7)12-16-11(19-17-12)9-10(15-6)13(2,3)4/h10,15H,8-9H2,1-7H3. The third kappa shape index (κ3) is 3.76. The zero-order valence-electron chi connectivity index (χ0n) is 13.2. The van der Waals surface area contributed by atoms with Crippen molar-refractivity contribution in [1.82, 2.24) is 15.5 Å². The van der Waals surface area contributed by atoms with E-state index in [4.69, 9.17) is 9.26 Å². The second-order valence-corrected chi connectivity index (χ2v) is 6.21. The van der Waals surface area contributed by atoms with E-state index in [2.05, 4.69) is 36.2 Å². The van der Waals surface area contributed by atoms with Crippen LogP contribution in [-0.2, 0) is 16.8 Å². The number of nitrogens with zero attached hydrogens (tertiary/aromatic N) is 2. The lowest BCUT2D eigenvalue weighted by molar-refractivity contribution is -0.0106. The summed E-state index contributed by atoms with van der Waals surface area (Å²) in [5, 5.41) is 7.37. The molecule has 0 aliphatic rings. The number of nitrogens with one attached hydrogen (secondary N) is 1. The van der Waals surface area contributed by atoms with Gasteiger partial charge in [0.2, 0.25) is 11.7 Å². The molecule has 0 radical (unpaired) electrons.